The molecule has 2 heterocycles. The summed E-state index contributed by atoms with van der Waals surface area (Å²) in [5.41, 5.74) is 1.94. The largest absolute Gasteiger partial charge is 0.392 e. The topological polar surface area (TPSA) is 72.0 Å². The first-order valence-electron chi connectivity index (χ1n) is 7.18. The molecule has 1 aliphatic carbocycles. The van der Waals surface area contributed by atoms with Crippen LogP contribution in [0.3, 0.4) is 0 Å². The van der Waals surface area contributed by atoms with Crippen molar-refractivity contribution in [3.63, 3.8) is 0 Å². The van der Waals surface area contributed by atoms with Gasteiger partial charge in [-0.2, -0.15) is 4.98 Å². The molecule has 0 saturated heterocycles. The van der Waals surface area contributed by atoms with Crippen LogP contribution in [0.2, 0.25) is 0 Å². The fourth-order valence-corrected chi connectivity index (χ4v) is 2.77. The van der Waals surface area contributed by atoms with Crippen LogP contribution in [0, 0.1) is 6.92 Å². The van der Waals surface area contributed by atoms with Crippen LogP contribution in [0.5, 0.6) is 0 Å². The molecule has 20 heavy (non-hydrogen) atoms. The SMILES string of the molecule is Cc1ccncc1-c1noc(C2CCCCCC2O)n1. The van der Waals surface area contributed by atoms with Crippen molar-refractivity contribution in [2.45, 2.75) is 51.0 Å². The molecule has 0 spiro atoms. The molecule has 0 radical (unpaired) electrons. The molecular weight excluding hydrogens is 254 g/mol. The lowest BCUT2D eigenvalue weighted by molar-refractivity contribution is 0.119. The molecular formula is C15H19N3O2. The lowest BCUT2D eigenvalue weighted by Gasteiger charge is -2.15. The molecule has 1 aliphatic rings. The first-order valence-corrected chi connectivity index (χ1v) is 7.18. The van der Waals surface area contributed by atoms with E-state index in [1.807, 2.05) is 13.0 Å². The number of pyridine rings is 1. The van der Waals surface area contributed by atoms with Gasteiger partial charge in [0.2, 0.25) is 11.7 Å². The summed E-state index contributed by atoms with van der Waals surface area (Å²) in [6, 6.07) is 1.92. The van der Waals surface area contributed by atoms with E-state index in [9.17, 15) is 5.11 Å². The Kier molecular flexibility index (Phi) is 3.78. The summed E-state index contributed by atoms with van der Waals surface area (Å²) in [6.07, 6.45) is 8.17. The number of rotatable bonds is 2. The molecule has 2 aromatic rings. The molecule has 5 nitrogen and oxygen atoms in total. The van der Waals surface area contributed by atoms with Crippen LogP contribution in [0.4, 0.5) is 0 Å². The van der Waals surface area contributed by atoms with Gasteiger partial charge < -0.3 is 9.63 Å². The minimum Gasteiger partial charge on any atom is -0.392 e. The Labute approximate surface area is 118 Å². The van der Waals surface area contributed by atoms with Gasteiger partial charge in [0.15, 0.2) is 0 Å². The van der Waals surface area contributed by atoms with Crippen molar-refractivity contribution >= 4 is 0 Å². The molecule has 1 saturated carbocycles. The molecule has 1 fully saturated rings. The minimum atomic E-state index is -0.374. The number of aliphatic hydroxyl groups is 1. The third-order valence-corrected chi connectivity index (χ3v) is 4.02. The highest BCUT2D eigenvalue weighted by atomic mass is 16.5. The summed E-state index contributed by atoms with van der Waals surface area (Å²) in [5, 5.41) is 14.2. The van der Waals surface area contributed by atoms with Gasteiger partial charge in [0.25, 0.3) is 0 Å². The Morgan fingerprint density at radius 2 is 2.10 bits per heavy atom. The molecule has 0 aliphatic heterocycles. The van der Waals surface area contributed by atoms with Gasteiger partial charge in [0.1, 0.15) is 0 Å². The van der Waals surface area contributed by atoms with Crippen molar-refractivity contribution in [2.24, 2.45) is 0 Å². The Balaban J connectivity index is 1.88. The predicted molar refractivity (Wildman–Crippen MR) is 74.1 cm³/mol. The van der Waals surface area contributed by atoms with E-state index in [4.69, 9.17) is 4.52 Å². The van der Waals surface area contributed by atoms with Crippen LogP contribution in [-0.2, 0) is 0 Å². The molecule has 5 heteroatoms. The van der Waals surface area contributed by atoms with E-state index < -0.39 is 0 Å². The highest BCUT2D eigenvalue weighted by Gasteiger charge is 2.28. The Morgan fingerprint density at radius 3 is 2.95 bits per heavy atom. The Morgan fingerprint density at radius 1 is 1.25 bits per heavy atom. The van der Waals surface area contributed by atoms with E-state index in [0.29, 0.717) is 11.7 Å². The van der Waals surface area contributed by atoms with Crippen molar-refractivity contribution in [2.75, 3.05) is 0 Å². The van der Waals surface area contributed by atoms with Crippen LogP contribution in [0.1, 0.15) is 49.5 Å². The number of hydrogen-bond acceptors (Lipinski definition) is 5. The number of aliphatic hydroxyl groups excluding tert-OH is 1. The number of aryl methyl sites for hydroxylation is 1. The van der Waals surface area contributed by atoms with Crippen LogP contribution in [0.15, 0.2) is 23.0 Å². The second kappa shape index (κ2) is 5.71. The van der Waals surface area contributed by atoms with Crippen molar-refractivity contribution in [1.82, 2.24) is 15.1 Å². The van der Waals surface area contributed by atoms with Gasteiger partial charge in [-0.15, -0.1) is 0 Å². The highest BCUT2D eigenvalue weighted by molar-refractivity contribution is 5.57. The first-order chi connectivity index (χ1) is 9.75. The van der Waals surface area contributed by atoms with Crippen LogP contribution in [0.25, 0.3) is 11.4 Å². The lowest BCUT2D eigenvalue weighted by Crippen LogP contribution is -2.17. The zero-order valence-corrected chi connectivity index (χ0v) is 11.6. The zero-order valence-electron chi connectivity index (χ0n) is 11.6. The Bertz CT molecular complexity index is 582. The molecule has 2 unspecified atom stereocenters. The molecule has 2 aromatic heterocycles. The van der Waals surface area contributed by atoms with Gasteiger partial charge in [-0.1, -0.05) is 24.4 Å². The molecule has 0 bridgehead atoms. The lowest BCUT2D eigenvalue weighted by atomic mass is 9.97. The average Bonchev–Trinajstić information content (AvgIpc) is 2.82. The number of hydrogen-bond donors (Lipinski definition) is 1. The number of nitrogens with zero attached hydrogens (tertiary/aromatic N) is 3. The highest BCUT2D eigenvalue weighted by Crippen LogP contribution is 2.32. The monoisotopic (exact) mass is 273 g/mol. The van der Waals surface area contributed by atoms with Gasteiger partial charge >= 0.3 is 0 Å². The second-order valence-corrected chi connectivity index (χ2v) is 5.46. The van der Waals surface area contributed by atoms with Gasteiger partial charge in [0, 0.05) is 18.0 Å². The Hall–Kier alpha value is -1.75. The van der Waals surface area contributed by atoms with Crippen LogP contribution in [-0.4, -0.2) is 26.3 Å². The summed E-state index contributed by atoms with van der Waals surface area (Å²) >= 11 is 0. The maximum absolute atomic E-state index is 10.2. The van der Waals surface area contributed by atoms with Gasteiger partial charge in [-0.3, -0.25) is 4.98 Å². The standard InChI is InChI=1S/C15H19N3O2/c1-10-7-8-16-9-12(10)14-17-15(20-18-14)11-5-3-2-4-6-13(11)19/h7-9,11,13,19H,2-6H2,1H3. The summed E-state index contributed by atoms with van der Waals surface area (Å²) in [6.45, 7) is 1.99. The third-order valence-electron chi connectivity index (χ3n) is 4.02. The molecule has 0 amide bonds. The van der Waals surface area contributed by atoms with Crippen molar-refractivity contribution < 1.29 is 9.63 Å². The van der Waals surface area contributed by atoms with E-state index in [2.05, 4.69) is 15.1 Å². The third kappa shape index (κ3) is 2.58. The maximum atomic E-state index is 10.2. The van der Waals surface area contributed by atoms with E-state index in [-0.39, 0.29) is 12.0 Å². The quantitative estimate of drug-likeness (QED) is 0.852. The second-order valence-electron chi connectivity index (χ2n) is 5.46. The molecule has 2 atom stereocenters. The smallest absolute Gasteiger partial charge is 0.232 e. The van der Waals surface area contributed by atoms with E-state index >= 15 is 0 Å². The van der Waals surface area contributed by atoms with Gasteiger partial charge in [0.05, 0.1) is 12.0 Å². The molecule has 1 N–H and O–H groups in total. The van der Waals surface area contributed by atoms with Crippen molar-refractivity contribution in [3.8, 4) is 11.4 Å². The predicted octanol–water partition coefficient (Wildman–Crippen LogP) is 2.85. The van der Waals surface area contributed by atoms with E-state index in [0.717, 1.165) is 43.2 Å². The summed E-state index contributed by atoms with van der Waals surface area (Å²) < 4.78 is 5.39. The zero-order chi connectivity index (χ0) is 13.9. The minimum absolute atomic E-state index is 0.0317. The normalized spacial score (nSPS) is 23.5. The van der Waals surface area contributed by atoms with Crippen LogP contribution >= 0.6 is 0 Å². The number of aromatic nitrogens is 3. The van der Waals surface area contributed by atoms with E-state index in [1.54, 1.807) is 12.4 Å². The average molecular weight is 273 g/mol. The van der Waals surface area contributed by atoms with Crippen LogP contribution < -0.4 is 0 Å². The summed E-state index contributed by atoms with van der Waals surface area (Å²) in [7, 11) is 0. The summed E-state index contributed by atoms with van der Waals surface area (Å²) in [4.78, 5) is 8.58. The maximum Gasteiger partial charge on any atom is 0.232 e. The first kappa shape index (κ1) is 13.2. The molecule has 0 aromatic carbocycles. The van der Waals surface area contributed by atoms with Gasteiger partial charge in [-0.25, -0.2) is 0 Å². The van der Waals surface area contributed by atoms with Crippen molar-refractivity contribution in [3.05, 3.63) is 29.9 Å². The molecule has 3 rings (SSSR count). The van der Waals surface area contributed by atoms with Gasteiger partial charge in [-0.05, 0) is 31.4 Å². The summed E-state index contributed by atoms with van der Waals surface area (Å²) in [5.74, 6) is 1.08. The molecule has 106 valence electrons. The van der Waals surface area contributed by atoms with E-state index in [1.165, 1.54) is 0 Å². The fraction of sp³-hybridized carbons (Fsp3) is 0.533. The fourth-order valence-electron chi connectivity index (χ4n) is 2.77. The van der Waals surface area contributed by atoms with Crippen molar-refractivity contribution in [1.29, 1.82) is 0 Å².